The summed E-state index contributed by atoms with van der Waals surface area (Å²) in [7, 11) is 0. The van der Waals surface area contributed by atoms with Crippen LogP contribution in [-0.4, -0.2) is 22.5 Å². The second-order valence-corrected chi connectivity index (χ2v) is 9.74. The van der Waals surface area contributed by atoms with Crippen LogP contribution < -0.4 is 0 Å². The lowest BCUT2D eigenvalue weighted by molar-refractivity contribution is 0.0490. The summed E-state index contributed by atoms with van der Waals surface area (Å²) in [5, 5.41) is 0. The van der Waals surface area contributed by atoms with Gasteiger partial charge in [0.15, 0.2) is 5.69 Å². The van der Waals surface area contributed by atoms with Crippen molar-refractivity contribution in [1.82, 2.24) is 9.97 Å². The molecule has 0 aliphatic heterocycles. The largest absolute Gasteiger partial charge is 0.461 e. The number of esters is 1. The van der Waals surface area contributed by atoms with Crippen LogP contribution in [0.3, 0.4) is 0 Å². The number of allylic oxidation sites excluding steroid dienone is 5. The number of carbonyl (C=O) groups excluding carboxylic acids is 1. The van der Waals surface area contributed by atoms with Crippen LogP contribution in [0, 0.1) is 5.41 Å². The fraction of sp³-hybridized carbons (Fsp3) is 0.607. The highest BCUT2D eigenvalue weighted by Crippen LogP contribution is 2.40. The van der Waals surface area contributed by atoms with Gasteiger partial charge < -0.3 is 4.74 Å². The van der Waals surface area contributed by atoms with Crippen molar-refractivity contribution in [2.24, 2.45) is 5.41 Å². The molecule has 4 heteroatoms. The SMILES string of the molecule is CCCCCCCCCOC(=O)c1cnc(/C=C(C)/C=C/C2=C(C)CCCC2(C)C)cn1. The first kappa shape index (κ1) is 26.0. The number of unbranched alkanes of at least 4 members (excludes halogenated alkanes) is 6. The smallest absolute Gasteiger partial charge is 0.358 e. The maximum Gasteiger partial charge on any atom is 0.358 e. The Balaban J connectivity index is 1.82. The average molecular weight is 439 g/mol. The maximum atomic E-state index is 12.2. The molecule has 1 aliphatic rings. The Morgan fingerprint density at radius 3 is 2.47 bits per heavy atom. The summed E-state index contributed by atoms with van der Waals surface area (Å²) in [5.41, 5.74) is 5.28. The minimum atomic E-state index is -0.391. The van der Waals surface area contributed by atoms with E-state index in [1.165, 1.54) is 68.7 Å². The van der Waals surface area contributed by atoms with E-state index in [1.54, 1.807) is 6.20 Å². The van der Waals surface area contributed by atoms with Crippen LogP contribution in [0.1, 0.15) is 115 Å². The second kappa shape index (κ2) is 13.3. The predicted molar refractivity (Wildman–Crippen MR) is 133 cm³/mol. The quantitative estimate of drug-likeness (QED) is 0.189. The van der Waals surface area contributed by atoms with Gasteiger partial charge in [0.25, 0.3) is 0 Å². The van der Waals surface area contributed by atoms with Crippen LogP contribution in [0.2, 0.25) is 0 Å². The Morgan fingerprint density at radius 1 is 1.09 bits per heavy atom. The molecule has 1 heterocycles. The zero-order valence-electron chi connectivity index (χ0n) is 20.9. The Labute approximate surface area is 195 Å². The molecule has 1 aromatic rings. The van der Waals surface area contributed by atoms with E-state index in [0.29, 0.717) is 6.61 Å². The minimum absolute atomic E-state index is 0.232. The fourth-order valence-corrected chi connectivity index (χ4v) is 4.32. The van der Waals surface area contributed by atoms with Crippen LogP contribution in [0.15, 0.2) is 41.3 Å². The molecule has 0 amide bonds. The molecular formula is C28H42N2O2. The van der Waals surface area contributed by atoms with Gasteiger partial charge in [-0.1, -0.05) is 77.0 Å². The van der Waals surface area contributed by atoms with E-state index in [9.17, 15) is 4.79 Å². The van der Waals surface area contributed by atoms with Gasteiger partial charge in [-0.25, -0.2) is 9.78 Å². The number of ether oxygens (including phenoxy) is 1. The van der Waals surface area contributed by atoms with E-state index in [0.717, 1.165) is 24.1 Å². The van der Waals surface area contributed by atoms with Gasteiger partial charge in [0.05, 0.1) is 24.7 Å². The third-order valence-corrected chi connectivity index (χ3v) is 6.29. The van der Waals surface area contributed by atoms with E-state index in [1.807, 2.05) is 6.08 Å². The number of nitrogens with zero attached hydrogens (tertiary/aromatic N) is 2. The molecule has 1 aliphatic carbocycles. The first-order chi connectivity index (χ1) is 15.3. The zero-order valence-corrected chi connectivity index (χ0v) is 20.9. The molecule has 0 aromatic carbocycles. The Morgan fingerprint density at radius 2 is 1.81 bits per heavy atom. The van der Waals surface area contributed by atoms with Crippen molar-refractivity contribution in [3.8, 4) is 0 Å². The highest BCUT2D eigenvalue weighted by Gasteiger charge is 2.26. The van der Waals surface area contributed by atoms with Gasteiger partial charge in [0.2, 0.25) is 0 Å². The van der Waals surface area contributed by atoms with Gasteiger partial charge in [0.1, 0.15) is 0 Å². The van der Waals surface area contributed by atoms with Crippen molar-refractivity contribution in [3.05, 3.63) is 52.7 Å². The third kappa shape index (κ3) is 8.72. The lowest BCUT2D eigenvalue weighted by Gasteiger charge is -2.32. The lowest BCUT2D eigenvalue weighted by atomic mass is 9.72. The normalized spacial score (nSPS) is 16.6. The Kier molecular flexibility index (Phi) is 10.9. The zero-order chi connectivity index (χ0) is 23.4. The van der Waals surface area contributed by atoms with Gasteiger partial charge in [-0.3, -0.25) is 4.98 Å². The van der Waals surface area contributed by atoms with Gasteiger partial charge >= 0.3 is 5.97 Å². The third-order valence-electron chi connectivity index (χ3n) is 6.29. The lowest BCUT2D eigenvalue weighted by Crippen LogP contribution is -2.19. The fourth-order valence-electron chi connectivity index (χ4n) is 4.32. The summed E-state index contributed by atoms with van der Waals surface area (Å²) in [5.74, 6) is -0.391. The molecule has 0 unspecified atom stereocenters. The highest BCUT2D eigenvalue weighted by molar-refractivity contribution is 5.86. The van der Waals surface area contributed by atoms with Crippen molar-refractivity contribution >= 4 is 12.0 Å². The van der Waals surface area contributed by atoms with Crippen molar-refractivity contribution in [3.63, 3.8) is 0 Å². The molecule has 0 saturated carbocycles. The summed E-state index contributed by atoms with van der Waals surface area (Å²) in [6.07, 6.45) is 21.6. The van der Waals surface area contributed by atoms with Crippen molar-refractivity contribution in [2.75, 3.05) is 6.61 Å². The molecule has 4 nitrogen and oxygen atoms in total. The molecule has 0 fully saturated rings. The van der Waals surface area contributed by atoms with Crippen LogP contribution in [-0.2, 0) is 4.74 Å². The van der Waals surface area contributed by atoms with Crippen molar-refractivity contribution < 1.29 is 9.53 Å². The molecule has 0 N–H and O–H groups in total. The van der Waals surface area contributed by atoms with Crippen LogP contribution >= 0.6 is 0 Å². The molecule has 1 aromatic heterocycles. The van der Waals surface area contributed by atoms with E-state index in [2.05, 4.69) is 56.7 Å². The van der Waals surface area contributed by atoms with E-state index >= 15 is 0 Å². The molecule has 0 spiro atoms. The number of hydrogen-bond donors (Lipinski definition) is 0. The number of aromatic nitrogens is 2. The van der Waals surface area contributed by atoms with E-state index in [4.69, 9.17) is 4.74 Å². The molecule has 0 saturated heterocycles. The van der Waals surface area contributed by atoms with Crippen LogP contribution in [0.25, 0.3) is 6.08 Å². The number of carbonyl (C=O) groups is 1. The first-order valence-electron chi connectivity index (χ1n) is 12.4. The molecule has 176 valence electrons. The summed E-state index contributed by atoms with van der Waals surface area (Å²) < 4.78 is 5.34. The molecular weight excluding hydrogens is 396 g/mol. The standard InChI is InChI=1S/C28H42N2O2/c1-6-7-8-9-10-11-12-18-32-27(31)26-21-29-24(20-30-26)19-22(2)15-16-25-23(3)14-13-17-28(25,4)5/h15-16,19-21H,6-14,17-18H2,1-5H3/b16-15+,22-19+. The van der Waals surface area contributed by atoms with Gasteiger partial charge in [-0.05, 0) is 62.2 Å². The summed E-state index contributed by atoms with van der Waals surface area (Å²) in [6, 6.07) is 0. The van der Waals surface area contributed by atoms with Gasteiger partial charge in [0, 0.05) is 0 Å². The average Bonchev–Trinajstić information content (AvgIpc) is 2.75. The van der Waals surface area contributed by atoms with Gasteiger partial charge in [-0.2, -0.15) is 0 Å². The molecule has 0 atom stereocenters. The topological polar surface area (TPSA) is 52.1 Å². The highest BCUT2D eigenvalue weighted by atomic mass is 16.5. The van der Waals surface area contributed by atoms with E-state index < -0.39 is 5.97 Å². The van der Waals surface area contributed by atoms with Crippen LogP contribution in [0.5, 0.6) is 0 Å². The Bertz CT molecular complexity index is 816. The molecule has 32 heavy (non-hydrogen) atoms. The molecule has 0 radical (unpaired) electrons. The summed E-state index contributed by atoms with van der Waals surface area (Å²) >= 11 is 0. The van der Waals surface area contributed by atoms with Crippen LogP contribution in [0.4, 0.5) is 0 Å². The molecule has 2 rings (SSSR count). The Hall–Kier alpha value is -2.23. The maximum absolute atomic E-state index is 12.2. The summed E-state index contributed by atoms with van der Waals surface area (Å²) in [4.78, 5) is 20.8. The monoisotopic (exact) mass is 438 g/mol. The molecule has 0 bridgehead atoms. The predicted octanol–water partition coefficient (Wildman–Crippen LogP) is 7.87. The minimum Gasteiger partial charge on any atom is -0.461 e. The second-order valence-electron chi connectivity index (χ2n) is 9.74. The van der Waals surface area contributed by atoms with Crippen molar-refractivity contribution in [2.45, 2.75) is 98.8 Å². The van der Waals surface area contributed by atoms with Gasteiger partial charge in [-0.15, -0.1) is 0 Å². The number of hydrogen-bond acceptors (Lipinski definition) is 4. The first-order valence-corrected chi connectivity index (χ1v) is 12.4. The number of rotatable bonds is 12. The summed E-state index contributed by atoms with van der Waals surface area (Å²) in [6.45, 7) is 11.6. The van der Waals surface area contributed by atoms with Crippen molar-refractivity contribution in [1.29, 1.82) is 0 Å². The van der Waals surface area contributed by atoms with E-state index in [-0.39, 0.29) is 11.1 Å².